The molecular weight excluding hydrogens is 256 g/mol. The molecule has 7 nitrogen and oxygen atoms in total. The molecule has 0 aromatic carbocycles. The summed E-state index contributed by atoms with van der Waals surface area (Å²) in [5, 5.41) is 18.2. The molecule has 2 N–H and O–H groups in total. The summed E-state index contributed by atoms with van der Waals surface area (Å²) in [6, 6.07) is 0. The highest BCUT2D eigenvalue weighted by atomic mass is 16.7. The van der Waals surface area contributed by atoms with E-state index >= 15 is 0 Å². The van der Waals surface area contributed by atoms with E-state index in [1.54, 1.807) is 13.8 Å². The van der Waals surface area contributed by atoms with Crippen LogP contribution in [-0.4, -0.2) is 41.0 Å². The molecular formula is C12H20O7. The first-order valence-corrected chi connectivity index (χ1v) is 6.00. The van der Waals surface area contributed by atoms with E-state index in [2.05, 4.69) is 4.74 Å². The molecule has 0 saturated carbocycles. The molecule has 0 aliphatic heterocycles. The van der Waals surface area contributed by atoms with Crippen LogP contribution in [-0.2, 0) is 23.9 Å². The normalized spacial score (nSPS) is 12.8. The SMILES string of the molecule is CCC(CC)(C(=O)O)C(CC(=O)O)OCOC(C)=O. The average Bonchev–Trinajstić information content (AvgIpc) is 2.29. The number of hydrogen-bond donors (Lipinski definition) is 2. The van der Waals surface area contributed by atoms with Gasteiger partial charge in [-0.2, -0.15) is 0 Å². The van der Waals surface area contributed by atoms with Crippen LogP contribution in [0.2, 0.25) is 0 Å². The summed E-state index contributed by atoms with van der Waals surface area (Å²) < 4.78 is 9.74. The molecule has 0 spiro atoms. The maximum atomic E-state index is 11.4. The van der Waals surface area contributed by atoms with Crippen molar-refractivity contribution < 1.29 is 34.1 Å². The second-order valence-electron chi connectivity index (χ2n) is 4.18. The molecule has 0 radical (unpaired) electrons. The van der Waals surface area contributed by atoms with Crippen molar-refractivity contribution in [3.05, 3.63) is 0 Å². The van der Waals surface area contributed by atoms with E-state index in [4.69, 9.17) is 9.84 Å². The van der Waals surface area contributed by atoms with Crippen molar-refractivity contribution in [2.75, 3.05) is 6.79 Å². The Kier molecular flexibility index (Phi) is 7.06. The maximum absolute atomic E-state index is 11.4. The lowest BCUT2D eigenvalue weighted by Gasteiger charge is -2.34. The van der Waals surface area contributed by atoms with E-state index in [0.717, 1.165) is 0 Å². The van der Waals surface area contributed by atoms with E-state index in [1.807, 2.05) is 0 Å². The van der Waals surface area contributed by atoms with E-state index in [0.29, 0.717) is 0 Å². The molecule has 0 aromatic rings. The third-order valence-electron chi connectivity index (χ3n) is 3.20. The molecule has 0 amide bonds. The van der Waals surface area contributed by atoms with Crippen LogP contribution in [0, 0.1) is 5.41 Å². The predicted octanol–water partition coefficient (Wildman–Crippen LogP) is 1.26. The summed E-state index contributed by atoms with van der Waals surface area (Å²) in [6.07, 6.45) is -1.08. The van der Waals surface area contributed by atoms with Gasteiger partial charge in [0.1, 0.15) is 0 Å². The van der Waals surface area contributed by atoms with Gasteiger partial charge in [0.15, 0.2) is 6.79 Å². The summed E-state index contributed by atoms with van der Waals surface area (Å²) in [5.74, 6) is -2.87. The second kappa shape index (κ2) is 7.73. The Bertz CT molecular complexity index is 333. The number of ether oxygens (including phenoxy) is 2. The molecule has 7 heteroatoms. The minimum absolute atomic E-state index is 0.219. The van der Waals surface area contributed by atoms with Gasteiger partial charge in [0.25, 0.3) is 0 Å². The Morgan fingerprint density at radius 3 is 2.00 bits per heavy atom. The molecule has 110 valence electrons. The van der Waals surface area contributed by atoms with Crippen LogP contribution in [0.15, 0.2) is 0 Å². The van der Waals surface area contributed by atoms with Gasteiger partial charge in [0.05, 0.1) is 17.9 Å². The molecule has 1 atom stereocenters. The fraction of sp³-hybridized carbons (Fsp3) is 0.750. The molecule has 0 rings (SSSR count). The van der Waals surface area contributed by atoms with Gasteiger partial charge >= 0.3 is 17.9 Å². The molecule has 0 heterocycles. The van der Waals surface area contributed by atoms with E-state index in [-0.39, 0.29) is 12.8 Å². The Hall–Kier alpha value is -1.63. The van der Waals surface area contributed by atoms with Gasteiger partial charge in [-0.1, -0.05) is 13.8 Å². The number of rotatable bonds is 9. The first kappa shape index (κ1) is 17.4. The van der Waals surface area contributed by atoms with E-state index in [1.165, 1.54) is 6.92 Å². The van der Waals surface area contributed by atoms with Crippen LogP contribution in [0.5, 0.6) is 0 Å². The number of carboxylic acid groups (broad SMARTS) is 2. The topological polar surface area (TPSA) is 110 Å². The summed E-state index contributed by atoms with van der Waals surface area (Å²) >= 11 is 0. The Morgan fingerprint density at radius 2 is 1.68 bits per heavy atom. The van der Waals surface area contributed by atoms with Crippen LogP contribution in [0.1, 0.15) is 40.0 Å². The van der Waals surface area contributed by atoms with Gasteiger partial charge in [-0.15, -0.1) is 0 Å². The number of carbonyl (C=O) groups excluding carboxylic acids is 1. The Morgan fingerprint density at radius 1 is 1.16 bits per heavy atom. The van der Waals surface area contributed by atoms with Crippen molar-refractivity contribution in [2.45, 2.75) is 46.1 Å². The van der Waals surface area contributed by atoms with Crippen LogP contribution in [0.4, 0.5) is 0 Å². The van der Waals surface area contributed by atoms with Crippen molar-refractivity contribution in [3.8, 4) is 0 Å². The summed E-state index contributed by atoms with van der Waals surface area (Å²) in [7, 11) is 0. The monoisotopic (exact) mass is 276 g/mol. The number of aliphatic carboxylic acids is 2. The third-order valence-corrected chi connectivity index (χ3v) is 3.20. The average molecular weight is 276 g/mol. The molecule has 0 aromatic heterocycles. The summed E-state index contributed by atoms with van der Waals surface area (Å²) in [6.45, 7) is 4.03. The van der Waals surface area contributed by atoms with Crippen molar-refractivity contribution in [1.29, 1.82) is 0 Å². The third kappa shape index (κ3) is 4.86. The molecule has 1 unspecified atom stereocenters. The van der Waals surface area contributed by atoms with Crippen molar-refractivity contribution in [3.63, 3.8) is 0 Å². The first-order valence-electron chi connectivity index (χ1n) is 6.00. The van der Waals surface area contributed by atoms with Crippen LogP contribution >= 0.6 is 0 Å². The fourth-order valence-electron chi connectivity index (χ4n) is 1.92. The second-order valence-corrected chi connectivity index (χ2v) is 4.18. The lowest BCUT2D eigenvalue weighted by molar-refractivity contribution is -0.181. The lowest BCUT2D eigenvalue weighted by Crippen LogP contribution is -2.44. The van der Waals surface area contributed by atoms with Crippen LogP contribution in [0.25, 0.3) is 0 Å². The highest BCUT2D eigenvalue weighted by molar-refractivity contribution is 5.77. The maximum Gasteiger partial charge on any atom is 0.312 e. The Balaban J connectivity index is 5.01. The smallest absolute Gasteiger partial charge is 0.312 e. The zero-order chi connectivity index (χ0) is 15.1. The van der Waals surface area contributed by atoms with Gasteiger partial charge in [-0.05, 0) is 12.8 Å². The van der Waals surface area contributed by atoms with Crippen molar-refractivity contribution in [2.24, 2.45) is 5.41 Å². The standard InChI is InChI=1S/C12H20O7/c1-4-12(5-2,11(16)17)9(6-10(14)15)19-7-18-8(3)13/h9H,4-7H2,1-3H3,(H,14,15)(H,16,17). The van der Waals surface area contributed by atoms with Gasteiger partial charge < -0.3 is 19.7 Å². The minimum Gasteiger partial charge on any atom is -0.481 e. The number of carboxylic acids is 2. The van der Waals surface area contributed by atoms with Crippen molar-refractivity contribution >= 4 is 17.9 Å². The first-order chi connectivity index (χ1) is 8.80. The summed E-state index contributed by atoms with van der Waals surface area (Å²) in [5.41, 5.74) is -1.31. The molecule has 0 bridgehead atoms. The molecule has 0 aliphatic carbocycles. The number of carbonyl (C=O) groups is 3. The zero-order valence-electron chi connectivity index (χ0n) is 11.3. The highest BCUT2D eigenvalue weighted by Gasteiger charge is 2.45. The van der Waals surface area contributed by atoms with E-state index in [9.17, 15) is 19.5 Å². The molecule has 0 aliphatic rings. The van der Waals surface area contributed by atoms with Crippen molar-refractivity contribution in [1.82, 2.24) is 0 Å². The van der Waals surface area contributed by atoms with Gasteiger partial charge in [0, 0.05) is 6.92 Å². The summed E-state index contributed by atoms with van der Waals surface area (Å²) in [4.78, 5) is 32.9. The minimum atomic E-state index is -1.31. The molecule has 19 heavy (non-hydrogen) atoms. The largest absolute Gasteiger partial charge is 0.481 e. The Labute approximate surface area is 111 Å². The number of hydrogen-bond acceptors (Lipinski definition) is 5. The van der Waals surface area contributed by atoms with Gasteiger partial charge in [0.2, 0.25) is 0 Å². The molecule has 0 fully saturated rings. The predicted molar refractivity (Wildman–Crippen MR) is 64.4 cm³/mol. The zero-order valence-corrected chi connectivity index (χ0v) is 11.3. The lowest BCUT2D eigenvalue weighted by atomic mass is 9.75. The van der Waals surface area contributed by atoms with Crippen LogP contribution in [0.3, 0.4) is 0 Å². The number of esters is 1. The van der Waals surface area contributed by atoms with Gasteiger partial charge in [-0.3, -0.25) is 14.4 Å². The highest BCUT2D eigenvalue weighted by Crippen LogP contribution is 2.35. The molecule has 0 saturated heterocycles. The quantitative estimate of drug-likeness (QED) is 0.481. The van der Waals surface area contributed by atoms with Gasteiger partial charge in [-0.25, -0.2) is 0 Å². The van der Waals surface area contributed by atoms with Crippen LogP contribution < -0.4 is 0 Å². The fourth-order valence-corrected chi connectivity index (χ4v) is 1.92. The van der Waals surface area contributed by atoms with E-state index < -0.39 is 42.6 Å².